The number of nitrogen functional groups attached to an aromatic ring is 1. The van der Waals surface area contributed by atoms with E-state index in [0.29, 0.717) is 27.3 Å². The molecule has 0 aromatic heterocycles. The fourth-order valence-electron chi connectivity index (χ4n) is 1.74. The zero-order valence-electron chi connectivity index (χ0n) is 11.3. The fraction of sp³-hybridized carbons (Fsp3) is 0.200. The molecule has 2 aromatic carbocycles. The second-order valence-electron chi connectivity index (χ2n) is 4.64. The van der Waals surface area contributed by atoms with Gasteiger partial charge >= 0.3 is 0 Å². The Morgan fingerprint density at radius 2 is 2.00 bits per heavy atom. The van der Waals surface area contributed by atoms with Crippen molar-refractivity contribution in [3.05, 3.63) is 46.7 Å². The lowest BCUT2D eigenvalue weighted by molar-refractivity contribution is 0.244. The van der Waals surface area contributed by atoms with Gasteiger partial charge in [-0.15, -0.1) is 0 Å². The average molecular weight is 339 g/mol. The van der Waals surface area contributed by atoms with Crippen LogP contribution in [0.25, 0.3) is 0 Å². The Morgan fingerprint density at radius 1 is 1.25 bits per heavy atom. The maximum atomic E-state index is 13.5. The van der Waals surface area contributed by atoms with E-state index in [1.165, 1.54) is 6.07 Å². The number of rotatable bonds is 4. The summed E-state index contributed by atoms with van der Waals surface area (Å²) in [7, 11) is 0. The molecule has 2 aromatic rings. The minimum absolute atomic E-state index is 0.0395. The van der Waals surface area contributed by atoms with Gasteiger partial charge in [0.05, 0.1) is 22.0 Å². The summed E-state index contributed by atoms with van der Waals surface area (Å²) >= 11 is 3.12. The molecular formula is C15H16BrFN2O. The third kappa shape index (κ3) is 3.42. The maximum absolute atomic E-state index is 13.5. The molecule has 5 heteroatoms. The first-order valence-corrected chi connectivity index (χ1v) is 7.04. The molecule has 2 rings (SSSR count). The molecular weight excluding hydrogens is 323 g/mol. The van der Waals surface area contributed by atoms with Crippen molar-refractivity contribution in [2.75, 3.05) is 11.1 Å². The van der Waals surface area contributed by atoms with E-state index in [1.807, 2.05) is 32.0 Å². The van der Waals surface area contributed by atoms with E-state index >= 15 is 0 Å². The molecule has 0 saturated carbocycles. The van der Waals surface area contributed by atoms with Crippen molar-refractivity contribution >= 4 is 33.0 Å². The number of ether oxygens (including phenoxy) is 1. The standard InChI is InChI=1S/C15H16BrFN2O/c1-9(2)20-14-5-3-4-13(15(14)18)19-10-6-7-11(16)12(17)8-10/h3-9,19H,18H2,1-2H3. The van der Waals surface area contributed by atoms with Crippen LogP contribution in [0, 0.1) is 5.82 Å². The van der Waals surface area contributed by atoms with E-state index in [4.69, 9.17) is 10.5 Å². The zero-order chi connectivity index (χ0) is 14.7. The first-order valence-electron chi connectivity index (χ1n) is 6.24. The van der Waals surface area contributed by atoms with Gasteiger partial charge in [0, 0.05) is 5.69 Å². The minimum Gasteiger partial charge on any atom is -0.489 e. The van der Waals surface area contributed by atoms with Crippen LogP contribution in [0.5, 0.6) is 5.75 Å². The van der Waals surface area contributed by atoms with E-state index < -0.39 is 0 Å². The lowest BCUT2D eigenvalue weighted by Crippen LogP contribution is -2.08. The van der Waals surface area contributed by atoms with Gasteiger partial charge in [-0.25, -0.2) is 4.39 Å². The summed E-state index contributed by atoms with van der Waals surface area (Å²) < 4.78 is 19.5. The van der Waals surface area contributed by atoms with Gasteiger partial charge in [-0.1, -0.05) is 6.07 Å². The predicted molar refractivity (Wildman–Crippen MR) is 84.0 cm³/mol. The summed E-state index contributed by atoms with van der Waals surface area (Å²) in [5.41, 5.74) is 7.87. The van der Waals surface area contributed by atoms with Crippen molar-refractivity contribution in [2.45, 2.75) is 20.0 Å². The number of hydrogen-bond donors (Lipinski definition) is 2. The molecule has 20 heavy (non-hydrogen) atoms. The quantitative estimate of drug-likeness (QED) is 0.794. The van der Waals surface area contributed by atoms with Crippen LogP contribution in [0.2, 0.25) is 0 Å². The molecule has 0 aliphatic heterocycles. The lowest BCUT2D eigenvalue weighted by atomic mass is 10.2. The van der Waals surface area contributed by atoms with E-state index in [1.54, 1.807) is 12.1 Å². The first kappa shape index (κ1) is 14.7. The van der Waals surface area contributed by atoms with Gasteiger partial charge in [0.2, 0.25) is 0 Å². The van der Waals surface area contributed by atoms with Gasteiger partial charge in [0.25, 0.3) is 0 Å². The van der Waals surface area contributed by atoms with E-state index in [2.05, 4.69) is 21.2 Å². The van der Waals surface area contributed by atoms with Gasteiger partial charge < -0.3 is 15.8 Å². The molecule has 0 saturated heterocycles. The molecule has 3 N–H and O–H groups in total. The molecule has 0 heterocycles. The summed E-state index contributed by atoms with van der Waals surface area (Å²) in [6.07, 6.45) is 0.0395. The van der Waals surface area contributed by atoms with Crippen molar-refractivity contribution in [2.24, 2.45) is 0 Å². The van der Waals surface area contributed by atoms with Crippen LogP contribution in [-0.2, 0) is 0 Å². The Labute approximate surface area is 126 Å². The molecule has 0 bridgehead atoms. The van der Waals surface area contributed by atoms with Crippen molar-refractivity contribution < 1.29 is 9.13 Å². The van der Waals surface area contributed by atoms with Crippen molar-refractivity contribution in [1.29, 1.82) is 0 Å². The maximum Gasteiger partial charge on any atom is 0.144 e. The van der Waals surface area contributed by atoms with Crippen molar-refractivity contribution in [3.8, 4) is 5.75 Å². The summed E-state index contributed by atoms with van der Waals surface area (Å²) in [5.74, 6) is 0.283. The lowest BCUT2D eigenvalue weighted by Gasteiger charge is -2.16. The van der Waals surface area contributed by atoms with E-state index in [0.717, 1.165) is 0 Å². The van der Waals surface area contributed by atoms with Gasteiger partial charge in [0.1, 0.15) is 11.6 Å². The van der Waals surface area contributed by atoms with Crippen LogP contribution in [0.1, 0.15) is 13.8 Å². The Bertz CT molecular complexity index is 617. The Morgan fingerprint density at radius 3 is 2.65 bits per heavy atom. The molecule has 0 atom stereocenters. The number of benzene rings is 2. The molecule has 3 nitrogen and oxygen atoms in total. The smallest absolute Gasteiger partial charge is 0.144 e. The van der Waals surface area contributed by atoms with Crippen LogP contribution in [0.3, 0.4) is 0 Å². The molecule has 106 valence electrons. The largest absolute Gasteiger partial charge is 0.489 e. The third-order valence-electron chi connectivity index (χ3n) is 2.63. The predicted octanol–water partition coefficient (Wildman–Crippen LogP) is 4.70. The summed E-state index contributed by atoms with van der Waals surface area (Å²) in [6.45, 7) is 3.87. The highest BCUT2D eigenvalue weighted by atomic mass is 79.9. The van der Waals surface area contributed by atoms with Gasteiger partial charge in [-0.3, -0.25) is 0 Å². The number of para-hydroxylation sites is 1. The van der Waals surface area contributed by atoms with E-state index in [-0.39, 0.29) is 11.9 Å². The van der Waals surface area contributed by atoms with Crippen LogP contribution in [0.15, 0.2) is 40.9 Å². The second kappa shape index (κ2) is 6.13. The highest BCUT2D eigenvalue weighted by molar-refractivity contribution is 9.10. The zero-order valence-corrected chi connectivity index (χ0v) is 12.9. The monoisotopic (exact) mass is 338 g/mol. The molecule has 0 unspecified atom stereocenters. The van der Waals surface area contributed by atoms with Crippen LogP contribution >= 0.6 is 15.9 Å². The summed E-state index contributed by atoms with van der Waals surface area (Å²) in [5, 5.41) is 3.09. The number of nitrogens with one attached hydrogen (secondary N) is 1. The number of hydrogen-bond acceptors (Lipinski definition) is 3. The van der Waals surface area contributed by atoms with Crippen molar-refractivity contribution in [3.63, 3.8) is 0 Å². The van der Waals surface area contributed by atoms with E-state index in [9.17, 15) is 4.39 Å². The topological polar surface area (TPSA) is 47.3 Å². The number of anilines is 3. The Hall–Kier alpha value is -1.75. The van der Waals surface area contributed by atoms with Gasteiger partial charge in [-0.05, 0) is 60.1 Å². The molecule has 0 fully saturated rings. The minimum atomic E-state index is -0.330. The SMILES string of the molecule is CC(C)Oc1cccc(Nc2ccc(Br)c(F)c2)c1N. The summed E-state index contributed by atoms with van der Waals surface area (Å²) in [4.78, 5) is 0. The fourth-order valence-corrected chi connectivity index (χ4v) is 1.99. The van der Waals surface area contributed by atoms with Crippen molar-refractivity contribution in [1.82, 2.24) is 0 Å². The van der Waals surface area contributed by atoms with Crippen LogP contribution < -0.4 is 15.8 Å². The molecule has 0 amide bonds. The molecule has 0 spiro atoms. The highest BCUT2D eigenvalue weighted by Gasteiger charge is 2.08. The third-order valence-corrected chi connectivity index (χ3v) is 3.27. The van der Waals surface area contributed by atoms with Gasteiger partial charge in [0.15, 0.2) is 0 Å². The van der Waals surface area contributed by atoms with Crippen LogP contribution in [-0.4, -0.2) is 6.10 Å². The highest BCUT2D eigenvalue weighted by Crippen LogP contribution is 2.32. The number of nitrogens with two attached hydrogens (primary N) is 1. The molecule has 0 radical (unpaired) electrons. The summed E-state index contributed by atoms with van der Waals surface area (Å²) in [6, 6.07) is 10.3. The Kier molecular flexibility index (Phi) is 4.49. The Balaban J connectivity index is 2.27. The second-order valence-corrected chi connectivity index (χ2v) is 5.49. The average Bonchev–Trinajstić information content (AvgIpc) is 2.38. The first-order chi connectivity index (χ1) is 9.47. The molecule has 0 aliphatic rings. The number of halogens is 2. The molecule has 0 aliphatic carbocycles. The van der Waals surface area contributed by atoms with Crippen LogP contribution in [0.4, 0.5) is 21.5 Å². The van der Waals surface area contributed by atoms with Gasteiger partial charge in [-0.2, -0.15) is 0 Å². The normalized spacial score (nSPS) is 10.7.